The third-order valence-corrected chi connectivity index (χ3v) is 8.82. The van der Waals surface area contributed by atoms with Crippen LogP contribution in [0.3, 0.4) is 0 Å². The lowest BCUT2D eigenvalue weighted by atomic mass is 9.82. The second-order valence-corrected chi connectivity index (χ2v) is 12.0. The molecule has 202 valence electrons. The van der Waals surface area contributed by atoms with E-state index in [1.54, 1.807) is 41.3 Å². The van der Waals surface area contributed by atoms with Gasteiger partial charge in [-0.3, -0.25) is 0 Å². The van der Waals surface area contributed by atoms with Crippen LogP contribution in [0, 0.1) is 11.7 Å². The van der Waals surface area contributed by atoms with Gasteiger partial charge in [0, 0.05) is 39.1 Å². The quantitative estimate of drug-likeness (QED) is 0.551. The van der Waals surface area contributed by atoms with Crippen molar-refractivity contribution in [2.24, 2.45) is 5.92 Å². The van der Waals surface area contributed by atoms with Crippen LogP contribution in [0.15, 0.2) is 54.6 Å². The number of hydrogen-bond donors (Lipinski definition) is 1. The van der Waals surface area contributed by atoms with Crippen molar-refractivity contribution < 1.29 is 27.1 Å². The molecule has 2 aliphatic rings. The van der Waals surface area contributed by atoms with Crippen LogP contribution < -0.4 is 9.46 Å². The Morgan fingerprint density at radius 2 is 1.78 bits per heavy atom. The first-order valence-electron chi connectivity index (χ1n) is 12.8. The summed E-state index contributed by atoms with van der Waals surface area (Å²) in [6, 6.07) is 15.3. The molecule has 1 aliphatic carbocycles. The van der Waals surface area contributed by atoms with Crippen LogP contribution in [0.25, 0.3) is 0 Å². The number of piperidine rings is 1. The van der Waals surface area contributed by atoms with Crippen LogP contribution in [0.1, 0.15) is 43.6 Å². The van der Waals surface area contributed by atoms with E-state index in [4.69, 9.17) is 9.47 Å². The molecule has 4 rings (SSSR count). The number of rotatable bonds is 8. The van der Waals surface area contributed by atoms with E-state index < -0.39 is 16.3 Å². The highest BCUT2D eigenvalue weighted by atomic mass is 32.2. The van der Waals surface area contributed by atoms with Crippen LogP contribution in [-0.4, -0.2) is 69.7 Å². The van der Waals surface area contributed by atoms with Crippen LogP contribution >= 0.6 is 0 Å². The van der Waals surface area contributed by atoms with E-state index in [1.165, 1.54) is 20.2 Å². The van der Waals surface area contributed by atoms with Gasteiger partial charge in [-0.2, -0.15) is 17.4 Å². The number of hydrogen-bond acceptors (Lipinski definition) is 5. The van der Waals surface area contributed by atoms with E-state index in [-0.39, 0.29) is 23.9 Å². The van der Waals surface area contributed by atoms with Crippen molar-refractivity contribution in [3.8, 4) is 5.75 Å². The zero-order chi connectivity index (χ0) is 26.4. The number of carbonyl (C=O) groups is 1. The van der Waals surface area contributed by atoms with Crippen molar-refractivity contribution in [1.82, 2.24) is 13.9 Å². The Bertz CT molecular complexity index is 1140. The van der Waals surface area contributed by atoms with E-state index in [2.05, 4.69) is 4.72 Å². The average Bonchev–Trinajstić information content (AvgIpc) is 2.88. The molecule has 2 unspecified atom stereocenters. The first kappa shape index (κ1) is 27.5. The average molecular weight is 534 g/mol. The topological polar surface area (TPSA) is 88.2 Å². The smallest absolute Gasteiger partial charge is 0.410 e. The number of nitrogens with one attached hydrogen (secondary N) is 1. The Balaban J connectivity index is 1.36. The highest BCUT2D eigenvalue weighted by Crippen LogP contribution is 2.34. The van der Waals surface area contributed by atoms with Crippen LogP contribution in [0.5, 0.6) is 5.75 Å². The number of nitrogens with zero attached hydrogens (tertiary/aromatic N) is 2. The summed E-state index contributed by atoms with van der Waals surface area (Å²) in [7, 11) is -0.672. The van der Waals surface area contributed by atoms with Crippen molar-refractivity contribution in [1.29, 1.82) is 0 Å². The lowest BCUT2D eigenvalue weighted by molar-refractivity contribution is -0.0146. The van der Waals surface area contributed by atoms with Gasteiger partial charge in [0.25, 0.3) is 10.2 Å². The molecule has 2 aromatic carbocycles. The van der Waals surface area contributed by atoms with Crippen molar-refractivity contribution in [3.63, 3.8) is 0 Å². The molecule has 0 aromatic heterocycles. The Hall–Kier alpha value is -2.53. The lowest BCUT2D eigenvalue weighted by Gasteiger charge is -2.39. The summed E-state index contributed by atoms with van der Waals surface area (Å²) >= 11 is 0. The fourth-order valence-electron chi connectivity index (χ4n) is 5.06. The highest BCUT2D eigenvalue weighted by Gasteiger charge is 2.36. The molecule has 1 saturated carbocycles. The van der Waals surface area contributed by atoms with Crippen molar-refractivity contribution in [2.45, 2.75) is 50.2 Å². The summed E-state index contributed by atoms with van der Waals surface area (Å²) < 4.78 is 54.4. The third-order valence-electron chi connectivity index (χ3n) is 7.26. The summed E-state index contributed by atoms with van der Waals surface area (Å²) in [6.07, 6.45) is 3.56. The fraction of sp³-hybridized carbons (Fsp3) is 0.519. The minimum Gasteiger partial charge on any atom is -0.410 e. The van der Waals surface area contributed by atoms with E-state index in [0.29, 0.717) is 37.8 Å². The van der Waals surface area contributed by atoms with E-state index in [1.807, 2.05) is 12.1 Å². The molecule has 0 spiro atoms. The molecule has 2 aromatic rings. The Morgan fingerprint density at radius 1 is 1.05 bits per heavy atom. The van der Waals surface area contributed by atoms with Crippen LogP contribution in [-0.2, 0) is 14.9 Å². The standard InChI is InChI=1S/C27H36FN3O5S/c1-30(2)37(33,34)29-26-15-16-31(27(32)36-25-9-4-3-5-10-25)18-22(26)19-35-24-13-11-20(12-14-24)21-7-6-8-23(28)17-21/h3-10,17,20,22,24,26,29H,11-16,18-19H2,1-2H3. The Labute approximate surface area is 218 Å². The molecule has 1 N–H and O–H groups in total. The van der Waals surface area contributed by atoms with Crippen LogP contribution in [0.4, 0.5) is 9.18 Å². The minimum absolute atomic E-state index is 0.0440. The van der Waals surface area contributed by atoms with Crippen molar-refractivity contribution >= 4 is 16.3 Å². The molecule has 1 amide bonds. The molecule has 8 nitrogen and oxygen atoms in total. The van der Waals surface area contributed by atoms with Gasteiger partial charge in [0.15, 0.2) is 0 Å². The lowest BCUT2D eigenvalue weighted by Crippen LogP contribution is -2.55. The zero-order valence-electron chi connectivity index (χ0n) is 21.4. The Morgan fingerprint density at radius 3 is 2.46 bits per heavy atom. The van der Waals surface area contributed by atoms with Gasteiger partial charge in [-0.1, -0.05) is 30.3 Å². The summed E-state index contributed by atoms with van der Waals surface area (Å²) in [4.78, 5) is 14.4. The van der Waals surface area contributed by atoms with Gasteiger partial charge in [0.05, 0.1) is 12.7 Å². The first-order chi connectivity index (χ1) is 17.7. The molecule has 10 heteroatoms. The molecular formula is C27H36FN3O5S. The Kier molecular flexibility index (Phi) is 9.17. The zero-order valence-corrected chi connectivity index (χ0v) is 22.2. The normalized spacial score (nSPS) is 24.7. The monoisotopic (exact) mass is 533 g/mol. The predicted octanol–water partition coefficient (Wildman–Crippen LogP) is 4.15. The van der Waals surface area contributed by atoms with E-state index in [0.717, 1.165) is 35.6 Å². The molecular weight excluding hydrogens is 497 g/mol. The first-order valence-corrected chi connectivity index (χ1v) is 14.2. The summed E-state index contributed by atoms with van der Waals surface area (Å²) in [5, 5.41) is 0. The molecule has 2 atom stereocenters. The predicted molar refractivity (Wildman–Crippen MR) is 139 cm³/mol. The number of likely N-dealkylation sites (tertiary alicyclic amines) is 1. The number of carbonyl (C=O) groups excluding carboxylic acids is 1. The van der Waals surface area contributed by atoms with E-state index >= 15 is 0 Å². The van der Waals surface area contributed by atoms with Crippen molar-refractivity contribution in [3.05, 3.63) is 66.0 Å². The van der Waals surface area contributed by atoms with Gasteiger partial charge in [-0.05, 0) is 67.9 Å². The largest absolute Gasteiger partial charge is 0.415 e. The minimum atomic E-state index is -3.64. The van der Waals surface area contributed by atoms with Gasteiger partial charge >= 0.3 is 6.09 Å². The molecule has 1 saturated heterocycles. The number of halogens is 1. The molecule has 0 radical (unpaired) electrons. The summed E-state index contributed by atoms with van der Waals surface area (Å²) in [5.41, 5.74) is 1.02. The molecule has 1 aliphatic heterocycles. The second-order valence-electron chi connectivity index (χ2n) is 10.0. The van der Waals surface area contributed by atoms with E-state index in [9.17, 15) is 17.6 Å². The number of ether oxygens (including phenoxy) is 2. The van der Waals surface area contributed by atoms with Gasteiger partial charge in [0.2, 0.25) is 0 Å². The molecule has 37 heavy (non-hydrogen) atoms. The number of benzene rings is 2. The van der Waals surface area contributed by atoms with Gasteiger partial charge < -0.3 is 14.4 Å². The SMILES string of the molecule is CN(C)S(=O)(=O)NC1CCN(C(=O)Oc2ccccc2)CC1COC1CCC(c2cccc(F)c2)CC1. The molecule has 0 bridgehead atoms. The van der Waals surface area contributed by atoms with Gasteiger partial charge in [-0.25, -0.2) is 9.18 Å². The number of amides is 1. The maximum absolute atomic E-state index is 13.6. The molecule has 2 fully saturated rings. The van der Waals surface area contributed by atoms with Crippen molar-refractivity contribution in [2.75, 3.05) is 33.8 Å². The van der Waals surface area contributed by atoms with Gasteiger partial charge in [0.1, 0.15) is 11.6 Å². The second kappa shape index (κ2) is 12.3. The molecule has 1 heterocycles. The summed E-state index contributed by atoms with van der Waals surface area (Å²) in [6.45, 7) is 1.03. The third kappa shape index (κ3) is 7.50. The summed E-state index contributed by atoms with van der Waals surface area (Å²) in [5.74, 6) is 0.335. The highest BCUT2D eigenvalue weighted by molar-refractivity contribution is 7.87. The fourth-order valence-corrected chi connectivity index (χ4v) is 5.96. The van der Waals surface area contributed by atoms with Crippen LogP contribution in [0.2, 0.25) is 0 Å². The number of para-hydroxylation sites is 1. The maximum Gasteiger partial charge on any atom is 0.415 e. The van der Waals surface area contributed by atoms with Gasteiger partial charge in [-0.15, -0.1) is 0 Å². The maximum atomic E-state index is 13.6.